The first-order valence-corrected chi connectivity index (χ1v) is 9.63. The number of aryl methyl sites for hydroxylation is 1. The molecule has 1 aliphatic rings. The Balaban J connectivity index is 1.66. The molecule has 1 aliphatic heterocycles. The van der Waals surface area contributed by atoms with Crippen LogP contribution in [0.3, 0.4) is 0 Å². The summed E-state index contributed by atoms with van der Waals surface area (Å²) in [5.41, 5.74) is 4.13. The van der Waals surface area contributed by atoms with E-state index < -0.39 is 0 Å². The highest BCUT2D eigenvalue weighted by Crippen LogP contribution is 2.28. The minimum Gasteiger partial charge on any atom is -0.494 e. The molecule has 0 atom stereocenters. The standard InChI is InChI=1S/C21H24ClN3O3/c1-3-28-19-11-17(5-4-14(19)2)24-21(27)25-8-6-16(7-9-25)20-18(22)10-15(13-26)12-23-20/h4-6,10-12,26H,3,7-9,13H2,1-2H3,(H,24,27). The second kappa shape index (κ2) is 9.08. The maximum atomic E-state index is 12.6. The van der Waals surface area contributed by atoms with Gasteiger partial charge in [0, 0.05) is 31.0 Å². The number of rotatable bonds is 5. The SMILES string of the molecule is CCOc1cc(NC(=O)N2CC=C(c3ncc(CO)cc3Cl)CC2)ccc1C. The molecule has 0 saturated heterocycles. The molecule has 2 heterocycles. The van der Waals surface area contributed by atoms with E-state index in [1.165, 1.54) is 0 Å². The monoisotopic (exact) mass is 401 g/mol. The third-order valence-electron chi connectivity index (χ3n) is 4.62. The largest absolute Gasteiger partial charge is 0.494 e. The Bertz CT molecular complexity index is 898. The summed E-state index contributed by atoms with van der Waals surface area (Å²) < 4.78 is 5.59. The molecular formula is C21H24ClN3O3. The molecule has 2 aromatic rings. The van der Waals surface area contributed by atoms with Crippen LogP contribution in [0.25, 0.3) is 5.57 Å². The highest BCUT2D eigenvalue weighted by atomic mass is 35.5. The highest BCUT2D eigenvalue weighted by Gasteiger charge is 2.20. The third kappa shape index (κ3) is 4.64. The van der Waals surface area contributed by atoms with E-state index in [1.807, 2.05) is 38.1 Å². The van der Waals surface area contributed by atoms with Crippen LogP contribution in [-0.2, 0) is 6.61 Å². The molecule has 2 amide bonds. The summed E-state index contributed by atoms with van der Waals surface area (Å²) in [6.45, 7) is 5.44. The van der Waals surface area contributed by atoms with Crippen molar-refractivity contribution < 1.29 is 14.6 Å². The predicted octanol–water partition coefficient (Wildman–Crippen LogP) is 4.26. The Labute approximate surface area is 169 Å². The van der Waals surface area contributed by atoms with Gasteiger partial charge in [-0.25, -0.2) is 4.79 Å². The molecule has 0 spiro atoms. The molecule has 6 nitrogen and oxygen atoms in total. The number of benzene rings is 1. The normalized spacial score (nSPS) is 13.9. The van der Waals surface area contributed by atoms with E-state index in [0.29, 0.717) is 48.1 Å². The highest BCUT2D eigenvalue weighted by molar-refractivity contribution is 6.32. The predicted molar refractivity (Wildman–Crippen MR) is 111 cm³/mol. The quantitative estimate of drug-likeness (QED) is 0.785. The summed E-state index contributed by atoms with van der Waals surface area (Å²) in [6.07, 6.45) is 4.25. The van der Waals surface area contributed by atoms with Crippen molar-refractivity contribution in [2.24, 2.45) is 0 Å². The number of aliphatic hydroxyl groups is 1. The van der Waals surface area contributed by atoms with Gasteiger partial charge in [0.2, 0.25) is 0 Å². The topological polar surface area (TPSA) is 74.7 Å². The Kier molecular flexibility index (Phi) is 6.54. The number of hydrogen-bond donors (Lipinski definition) is 2. The number of nitrogens with one attached hydrogen (secondary N) is 1. The summed E-state index contributed by atoms with van der Waals surface area (Å²) in [6, 6.07) is 7.20. The van der Waals surface area contributed by atoms with E-state index in [9.17, 15) is 9.90 Å². The lowest BCUT2D eigenvalue weighted by Crippen LogP contribution is -2.38. The van der Waals surface area contributed by atoms with Crippen LogP contribution >= 0.6 is 11.6 Å². The van der Waals surface area contributed by atoms with Crippen molar-refractivity contribution in [3.8, 4) is 5.75 Å². The zero-order chi connectivity index (χ0) is 20.1. The number of halogens is 1. The number of carbonyl (C=O) groups excluding carboxylic acids is 1. The van der Waals surface area contributed by atoms with E-state index in [4.69, 9.17) is 16.3 Å². The maximum Gasteiger partial charge on any atom is 0.322 e. The Morgan fingerprint density at radius 2 is 2.21 bits per heavy atom. The van der Waals surface area contributed by atoms with Crippen LogP contribution in [0.5, 0.6) is 5.75 Å². The average molecular weight is 402 g/mol. The number of anilines is 1. The van der Waals surface area contributed by atoms with Crippen LogP contribution in [0.1, 0.15) is 30.2 Å². The number of pyridine rings is 1. The molecule has 28 heavy (non-hydrogen) atoms. The van der Waals surface area contributed by atoms with Gasteiger partial charge in [-0.05, 0) is 49.1 Å². The second-order valence-corrected chi connectivity index (χ2v) is 7.01. The molecule has 0 saturated carbocycles. The fourth-order valence-electron chi connectivity index (χ4n) is 3.06. The van der Waals surface area contributed by atoms with Crippen LogP contribution in [0.2, 0.25) is 5.02 Å². The first kappa shape index (κ1) is 20.2. The molecule has 0 aliphatic carbocycles. The average Bonchev–Trinajstić information content (AvgIpc) is 2.70. The molecule has 0 radical (unpaired) electrons. The number of amides is 2. The molecular weight excluding hydrogens is 378 g/mol. The Hall–Kier alpha value is -2.57. The van der Waals surface area contributed by atoms with Gasteiger partial charge in [0.1, 0.15) is 5.75 Å². The summed E-state index contributed by atoms with van der Waals surface area (Å²) in [4.78, 5) is 18.7. The first-order valence-electron chi connectivity index (χ1n) is 9.26. The smallest absolute Gasteiger partial charge is 0.322 e. The number of nitrogens with zero attached hydrogens (tertiary/aromatic N) is 2. The van der Waals surface area contributed by atoms with Gasteiger partial charge in [0.15, 0.2) is 0 Å². The number of aromatic nitrogens is 1. The van der Waals surface area contributed by atoms with E-state index in [0.717, 1.165) is 16.9 Å². The van der Waals surface area contributed by atoms with Gasteiger partial charge < -0.3 is 20.1 Å². The van der Waals surface area contributed by atoms with Crippen molar-refractivity contribution in [2.75, 3.05) is 25.0 Å². The number of urea groups is 1. The summed E-state index contributed by atoms with van der Waals surface area (Å²) >= 11 is 6.28. The summed E-state index contributed by atoms with van der Waals surface area (Å²) in [7, 11) is 0. The minimum absolute atomic E-state index is 0.0932. The van der Waals surface area contributed by atoms with Crippen LogP contribution < -0.4 is 10.1 Å². The zero-order valence-corrected chi connectivity index (χ0v) is 16.8. The molecule has 3 rings (SSSR count). The van der Waals surface area contributed by atoms with Gasteiger partial charge in [-0.2, -0.15) is 0 Å². The first-order chi connectivity index (χ1) is 13.5. The van der Waals surface area contributed by atoms with Crippen LogP contribution in [-0.4, -0.2) is 40.7 Å². The van der Waals surface area contributed by atoms with E-state index >= 15 is 0 Å². The van der Waals surface area contributed by atoms with Gasteiger partial charge in [-0.3, -0.25) is 4.98 Å². The second-order valence-electron chi connectivity index (χ2n) is 6.60. The molecule has 1 aromatic carbocycles. The molecule has 0 unspecified atom stereocenters. The molecule has 148 valence electrons. The third-order valence-corrected chi connectivity index (χ3v) is 4.91. The molecule has 7 heteroatoms. The lowest BCUT2D eigenvalue weighted by molar-refractivity contribution is 0.217. The van der Waals surface area contributed by atoms with Crippen molar-refractivity contribution >= 4 is 28.9 Å². The van der Waals surface area contributed by atoms with Crippen molar-refractivity contribution in [3.63, 3.8) is 0 Å². The number of ether oxygens (including phenoxy) is 1. The van der Waals surface area contributed by atoms with Crippen LogP contribution in [0, 0.1) is 6.92 Å². The summed E-state index contributed by atoms with van der Waals surface area (Å²) in [5.74, 6) is 0.771. The molecule has 0 fully saturated rings. The van der Waals surface area contributed by atoms with Gasteiger partial charge in [0.05, 0.1) is 23.9 Å². The molecule has 2 N–H and O–H groups in total. The van der Waals surface area contributed by atoms with Crippen molar-refractivity contribution in [3.05, 3.63) is 58.4 Å². The fraction of sp³-hybridized carbons (Fsp3) is 0.333. The van der Waals surface area contributed by atoms with E-state index in [2.05, 4.69) is 10.3 Å². The fourth-order valence-corrected chi connectivity index (χ4v) is 3.37. The van der Waals surface area contributed by atoms with Crippen molar-refractivity contribution in [1.82, 2.24) is 9.88 Å². The van der Waals surface area contributed by atoms with Gasteiger partial charge >= 0.3 is 6.03 Å². The number of aliphatic hydroxyl groups excluding tert-OH is 1. The molecule has 1 aromatic heterocycles. The van der Waals surface area contributed by atoms with E-state index in [1.54, 1.807) is 17.2 Å². The maximum absolute atomic E-state index is 12.6. The lowest BCUT2D eigenvalue weighted by atomic mass is 10.0. The Morgan fingerprint density at radius 3 is 2.86 bits per heavy atom. The lowest BCUT2D eigenvalue weighted by Gasteiger charge is -2.27. The van der Waals surface area contributed by atoms with Crippen LogP contribution in [0.15, 0.2) is 36.5 Å². The Morgan fingerprint density at radius 1 is 1.39 bits per heavy atom. The van der Waals surface area contributed by atoms with Gasteiger partial charge in [-0.15, -0.1) is 0 Å². The van der Waals surface area contributed by atoms with Crippen molar-refractivity contribution in [2.45, 2.75) is 26.9 Å². The van der Waals surface area contributed by atoms with Gasteiger partial charge in [-0.1, -0.05) is 23.7 Å². The van der Waals surface area contributed by atoms with E-state index in [-0.39, 0.29) is 12.6 Å². The molecule has 0 bridgehead atoms. The number of carbonyl (C=O) groups is 1. The zero-order valence-electron chi connectivity index (χ0n) is 16.0. The van der Waals surface area contributed by atoms with Gasteiger partial charge in [0.25, 0.3) is 0 Å². The van der Waals surface area contributed by atoms with Crippen molar-refractivity contribution in [1.29, 1.82) is 0 Å². The summed E-state index contributed by atoms with van der Waals surface area (Å²) in [5, 5.41) is 12.6. The number of hydrogen-bond acceptors (Lipinski definition) is 4. The minimum atomic E-state index is -0.156. The van der Waals surface area contributed by atoms with Crippen LogP contribution in [0.4, 0.5) is 10.5 Å².